The lowest BCUT2D eigenvalue weighted by Crippen LogP contribution is -2.49. The maximum absolute atomic E-state index is 12.6. The predicted octanol–water partition coefficient (Wildman–Crippen LogP) is 1.99. The molecule has 0 radical (unpaired) electrons. The van der Waals surface area contributed by atoms with Crippen LogP contribution in [-0.4, -0.2) is 27.7 Å². The van der Waals surface area contributed by atoms with E-state index < -0.39 is 6.04 Å². The molecule has 1 N–H and O–H groups in total. The minimum absolute atomic E-state index is 0.0932. The number of benzene rings is 1. The molecule has 112 valence electrons. The monoisotopic (exact) mass is 295 g/mol. The Labute approximate surface area is 129 Å². The van der Waals surface area contributed by atoms with E-state index in [1.807, 2.05) is 24.3 Å². The standard InChI is InChI=1S/C17H17N3O2/c1-12(21)20-11-14-5-3-2-4-13(14)10-16(20)17(22)19-15-6-8-18-9-7-15/h2-9,16H,10-11H2,1H3,(H,18,19,22). The minimum atomic E-state index is -0.486. The molecule has 1 aromatic heterocycles. The minimum Gasteiger partial charge on any atom is -0.326 e. The van der Waals surface area contributed by atoms with Gasteiger partial charge in [-0.3, -0.25) is 14.6 Å². The van der Waals surface area contributed by atoms with Gasteiger partial charge in [0.1, 0.15) is 6.04 Å². The number of hydrogen-bond acceptors (Lipinski definition) is 3. The fraction of sp³-hybridized carbons (Fsp3) is 0.235. The Morgan fingerprint density at radius 3 is 2.50 bits per heavy atom. The fourth-order valence-corrected chi connectivity index (χ4v) is 2.75. The van der Waals surface area contributed by atoms with E-state index in [-0.39, 0.29) is 11.8 Å². The molecule has 0 saturated carbocycles. The van der Waals surface area contributed by atoms with Crippen LogP contribution in [0.2, 0.25) is 0 Å². The summed E-state index contributed by atoms with van der Waals surface area (Å²) in [6, 6.07) is 10.9. The Morgan fingerprint density at radius 2 is 1.82 bits per heavy atom. The summed E-state index contributed by atoms with van der Waals surface area (Å²) < 4.78 is 0. The normalized spacial score (nSPS) is 16.8. The van der Waals surface area contributed by atoms with Crippen molar-refractivity contribution in [2.75, 3.05) is 5.32 Å². The SMILES string of the molecule is CC(=O)N1Cc2ccccc2CC1C(=O)Nc1ccncc1. The molecule has 3 rings (SSSR count). The fourth-order valence-electron chi connectivity index (χ4n) is 2.75. The Kier molecular flexibility index (Phi) is 3.87. The third-order valence-corrected chi connectivity index (χ3v) is 3.90. The lowest BCUT2D eigenvalue weighted by atomic mass is 9.93. The molecule has 1 atom stereocenters. The van der Waals surface area contributed by atoms with Crippen molar-refractivity contribution in [3.8, 4) is 0 Å². The molecule has 0 saturated heterocycles. The zero-order chi connectivity index (χ0) is 15.5. The number of aromatic nitrogens is 1. The summed E-state index contributed by atoms with van der Waals surface area (Å²) in [5.41, 5.74) is 2.91. The highest BCUT2D eigenvalue weighted by molar-refractivity contribution is 5.97. The third kappa shape index (κ3) is 2.83. The van der Waals surface area contributed by atoms with Crippen molar-refractivity contribution in [1.82, 2.24) is 9.88 Å². The molecule has 0 bridgehead atoms. The van der Waals surface area contributed by atoms with Crippen molar-refractivity contribution >= 4 is 17.5 Å². The smallest absolute Gasteiger partial charge is 0.247 e. The topological polar surface area (TPSA) is 62.3 Å². The van der Waals surface area contributed by atoms with Crippen molar-refractivity contribution in [3.63, 3.8) is 0 Å². The maximum Gasteiger partial charge on any atom is 0.247 e. The highest BCUT2D eigenvalue weighted by Gasteiger charge is 2.32. The lowest BCUT2D eigenvalue weighted by Gasteiger charge is -2.35. The molecule has 1 aliphatic heterocycles. The molecule has 2 amide bonds. The second kappa shape index (κ2) is 5.97. The first-order valence-corrected chi connectivity index (χ1v) is 7.20. The Hall–Kier alpha value is -2.69. The van der Waals surface area contributed by atoms with E-state index in [2.05, 4.69) is 10.3 Å². The highest BCUT2D eigenvalue weighted by Crippen LogP contribution is 2.24. The number of anilines is 1. The van der Waals surface area contributed by atoms with E-state index in [0.717, 1.165) is 11.1 Å². The number of nitrogens with one attached hydrogen (secondary N) is 1. The van der Waals surface area contributed by atoms with Crippen molar-refractivity contribution < 1.29 is 9.59 Å². The van der Waals surface area contributed by atoms with Crippen molar-refractivity contribution in [2.24, 2.45) is 0 Å². The van der Waals surface area contributed by atoms with E-state index in [1.165, 1.54) is 6.92 Å². The molecular formula is C17H17N3O2. The lowest BCUT2D eigenvalue weighted by molar-refractivity contribution is -0.138. The van der Waals surface area contributed by atoms with Crippen LogP contribution in [0.15, 0.2) is 48.8 Å². The average Bonchev–Trinajstić information content (AvgIpc) is 2.54. The molecule has 1 aromatic carbocycles. The second-order valence-electron chi connectivity index (χ2n) is 5.36. The second-order valence-corrected chi connectivity index (χ2v) is 5.36. The van der Waals surface area contributed by atoms with Crippen molar-refractivity contribution in [1.29, 1.82) is 0 Å². The molecule has 1 unspecified atom stereocenters. The van der Waals surface area contributed by atoms with Gasteiger partial charge < -0.3 is 10.2 Å². The molecule has 5 heteroatoms. The molecule has 2 heterocycles. The first-order chi connectivity index (χ1) is 10.6. The summed E-state index contributed by atoms with van der Waals surface area (Å²) in [6.07, 6.45) is 3.77. The number of carbonyl (C=O) groups is 2. The number of fused-ring (bicyclic) bond motifs is 1. The molecule has 0 fully saturated rings. The van der Waals surface area contributed by atoms with Crippen LogP contribution in [-0.2, 0) is 22.6 Å². The van der Waals surface area contributed by atoms with Gasteiger partial charge in [-0.15, -0.1) is 0 Å². The van der Waals surface area contributed by atoms with Crippen molar-refractivity contribution in [2.45, 2.75) is 25.9 Å². The van der Waals surface area contributed by atoms with Crippen LogP contribution in [0.25, 0.3) is 0 Å². The van der Waals surface area contributed by atoms with Gasteiger partial charge in [-0.05, 0) is 23.3 Å². The number of nitrogens with zero attached hydrogens (tertiary/aromatic N) is 2. The first-order valence-electron chi connectivity index (χ1n) is 7.20. The zero-order valence-corrected chi connectivity index (χ0v) is 12.3. The van der Waals surface area contributed by atoms with Gasteiger partial charge in [-0.1, -0.05) is 24.3 Å². The number of pyridine rings is 1. The molecular weight excluding hydrogens is 278 g/mol. The first kappa shape index (κ1) is 14.3. The van der Waals surface area contributed by atoms with E-state index >= 15 is 0 Å². The molecule has 0 aliphatic carbocycles. The molecule has 1 aliphatic rings. The quantitative estimate of drug-likeness (QED) is 0.921. The molecule has 2 aromatic rings. The maximum atomic E-state index is 12.6. The van der Waals surface area contributed by atoms with Gasteiger partial charge in [0.25, 0.3) is 0 Å². The van der Waals surface area contributed by atoms with Crippen LogP contribution in [0, 0.1) is 0 Å². The average molecular weight is 295 g/mol. The Balaban J connectivity index is 1.84. The summed E-state index contributed by atoms with van der Waals surface area (Å²) in [7, 11) is 0. The number of amides is 2. The van der Waals surface area contributed by atoms with Crippen LogP contribution in [0.4, 0.5) is 5.69 Å². The van der Waals surface area contributed by atoms with Gasteiger partial charge in [0.05, 0.1) is 0 Å². The number of carbonyl (C=O) groups excluding carboxylic acids is 2. The Morgan fingerprint density at radius 1 is 1.14 bits per heavy atom. The van der Waals surface area contributed by atoms with Crippen molar-refractivity contribution in [3.05, 3.63) is 59.9 Å². The van der Waals surface area contributed by atoms with Crippen LogP contribution in [0.1, 0.15) is 18.1 Å². The van der Waals surface area contributed by atoms with Gasteiger partial charge in [-0.25, -0.2) is 0 Å². The van der Waals surface area contributed by atoms with Crippen LogP contribution in [0.5, 0.6) is 0 Å². The van der Waals surface area contributed by atoms with Gasteiger partial charge in [0, 0.05) is 38.0 Å². The van der Waals surface area contributed by atoms with Crippen LogP contribution >= 0.6 is 0 Å². The van der Waals surface area contributed by atoms with E-state index in [9.17, 15) is 9.59 Å². The van der Waals surface area contributed by atoms with Gasteiger partial charge in [-0.2, -0.15) is 0 Å². The van der Waals surface area contributed by atoms with Gasteiger partial charge >= 0.3 is 0 Å². The van der Waals surface area contributed by atoms with Gasteiger partial charge in [0.2, 0.25) is 11.8 Å². The summed E-state index contributed by atoms with van der Waals surface area (Å²) in [6.45, 7) is 1.97. The van der Waals surface area contributed by atoms with E-state index in [1.54, 1.807) is 29.4 Å². The molecule has 5 nitrogen and oxygen atoms in total. The summed E-state index contributed by atoms with van der Waals surface area (Å²) in [4.78, 5) is 30.0. The van der Waals surface area contributed by atoms with E-state index in [0.29, 0.717) is 18.7 Å². The third-order valence-electron chi connectivity index (χ3n) is 3.90. The summed E-state index contributed by atoms with van der Waals surface area (Å²) in [5, 5.41) is 2.85. The Bertz CT molecular complexity index is 700. The number of hydrogen-bond donors (Lipinski definition) is 1. The molecule has 22 heavy (non-hydrogen) atoms. The predicted molar refractivity (Wildman–Crippen MR) is 83.0 cm³/mol. The largest absolute Gasteiger partial charge is 0.326 e. The van der Waals surface area contributed by atoms with E-state index in [4.69, 9.17) is 0 Å². The van der Waals surface area contributed by atoms with Crippen LogP contribution < -0.4 is 5.32 Å². The van der Waals surface area contributed by atoms with Crippen LogP contribution in [0.3, 0.4) is 0 Å². The zero-order valence-electron chi connectivity index (χ0n) is 12.3. The molecule has 0 spiro atoms. The highest BCUT2D eigenvalue weighted by atomic mass is 16.2. The number of rotatable bonds is 2. The summed E-state index contributed by atoms with van der Waals surface area (Å²) >= 11 is 0. The summed E-state index contributed by atoms with van der Waals surface area (Å²) in [5.74, 6) is -0.264. The van der Waals surface area contributed by atoms with Gasteiger partial charge in [0.15, 0.2) is 0 Å².